The predicted molar refractivity (Wildman–Crippen MR) is 93.1 cm³/mol. The van der Waals surface area contributed by atoms with Crippen LogP contribution in [-0.2, 0) is 27.4 Å². The molecule has 0 aliphatic carbocycles. The van der Waals surface area contributed by atoms with Crippen molar-refractivity contribution in [2.75, 3.05) is 38.0 Å². The van der Waals surface area contributed by atoms with Gasteiger partial charge >= 0.3 is 5.97 Å². The zero-order valence-corrected chi connectivity index (χ0v) is 14.7. The Labute approximate surface area is 155 Å². The largest absolute Gasteiger partial charge is 0.467 e. The Bertz CT molecular complexity index is 822. The molecular weight excluding hydrogens is 355 g/mol. The van der Waals surface area contributed by atoms with Crippen molar-refractivity contribution in [1.82, 2.24) is 4.98 Å². The first-order chi connectivity index (χ1) is 13.2. The molecule has 1 aromatic carbocycles. The second-order valence-electron chi connectivity index (χ2n) is 6.24. The van der Waals surface area contributed by atoms with E-state index in [1.807, 2.05) is 0 Å². The zero-order chi connectivity index (χ0) is 18.6. The molecule has 0 bridgehead atoms. The van der Waals surface area contributed by atoms with Crippen LogP contribution in [0.15, 0.2) is 30.5 Å². The molecule has 142 valence electrons. The number of hydrogen-bond donors (Lipinski definition) is 0. The SMILES string of the molecule is O=C(OCc1cc(F)cc2c1OCOC2)c1ccc(N2CCOCC2)nc1. The molecular formula is C19H19FN2O5. The van der Waals surface area contributed by atoms with Crippen LogP contribution in [0.25, 0.3) is 0 Å². The standard InChI is InChI=1S/C19H19FN2O5/c20-16-7-14-10-25-12-27-18(14)15(8-16)11-26-19(23)13-1-2-17(21-9-13)22-3-5-24-6-4-22/h1-2,7-9H,3-6,10-12H2. The van der Waals surface area contributed by atoms with Crippen molar-refractivity contribution in [3.05, 3.63) is 53.0 Å². The number of nitrogens with zero attached hydrogens (tertiary/aromatic N) is 2. The van der Waals surface area contributed by atoms with Gasteiger partial charge in [0, 0.05) is 30.4 Å². The summed E-state index contributed by atoms with van der Waals surface area (Å²) in [5.74, 6) is 0.352. The van der Waals surface area contributed by atoms with E-state index in [1.54, 1.807) is 12.1 Å². The number of carbonyl (C=O) groups is 1. The summed E-state index contributed by atoms with van der Waals surface area (Å²) in [6.45, 7) is 3.13. The van der Waals surface area contributed by atoms with Gasteiger partial charge in [0.1, 0.15) is 24.0 Å². The van der Waals surface area contributed by atoms with Gasteiger partial charge in [-0.05, 0) is 24.3 Å². The van der Waals surface area contributed by atoms with E-state index in [-0.39, 0.29) is 20.0 Å². The summed E-state index contributed by atoms with van der Waals surface area (Å²) < 4.78 is 35.0. The van der Waals surface area contributed by atoms with Gasteiger partial charge in [-0.1, -0.05) is 0 Å². The van der Waals surface area contributed by atoms with E-state index in [0.29, 0.717) is 35.7 Å². The maximum absolute atomic E-state index is 13.7. The van der Waals surface area contributed by atoms with Crippen molar-refractivity contribution < 1.29 is 28.1 Å². The molecule has 0 atom stereocenters. The highest BCUT2D eigenvalue weighted by Crippen LogP contribution is 2.30. The van der Waals surface area contributed by atoms with Crippen LogP contribution in [0.3, 0.4) is 0 Å². The van der Waals surface area contributed by atoms with Crippen LogP contribution >= 0.6 is 0 Å². The number of aromatic nitrogens is 1. The van der Waals surface area contributed by atoms with Crippen molar-refractivity contribution in [2.24, 2.45) is 0 Å². The lowest BCUT2D eigenvalue weighted by Crippen LogP contribution is -2.36. The number of fused-ring (bicyclic) bond motifs is 1. The summed E-state index contributed by atoms with van der Waals surface area (Å²) in [7, 11) is 0. The van der Waals surface area contributed by atoms with Crippen LogP contribution < -0.4 is 9.64 Å². The topological polar surface area (TPSA) is 70.1 Å². The van der Waals surface area contributed by atoms with E-state index < -0.39 is 11.8 Å². The maximum atomic E-state index is 13.7. The molecule has 8 heteroatoms. The van der Waals surface area contributed by atoms with E-state index in [9.17, 15) is 9.18 Å². The van der Waals surface area contributed by atoms with Gasteiger partial charge in [0.2, 0.25) is 0 Å². The summed E-state index contributed by atoms with van der Waals surface area (Å²) in [4.78, 5) is 18.7. The number of rotatable bonds is 4. The lowest BCUT2D eigenvalue weighted by atomic mass is 10.1. The number of anilines is 1. The third-order valence-corrected chi connectivity index (χ3v) is 4.43. The summed E-state index contributed by atoms with van der Waals surface area (Å²) in [5.41, 5.74) is 1.41. The minimum absolute atomic E-state index is 0.0898. The molecule has 2 aliphatic rings. The van der Waals surface area contributed by atoms with Gasteiger partial charge in [-0.15, -0.1) is 0 Å². The number of hydrogen-bond acceptors (Lipinski definition) is 7. The van der Waals surface area contributed by atoms with Crippen LogP contribution in [0.4, 0.5) is 10.2 Å². The lowest BCUT2D eigenvalue weighted by molar-refractivity contribution is -0.0182. The number of morpholine rings is 1. The third-order valence-electron chi connectivity index (χ3n) is 4.43. The van der Waals surface area contributed by atoms with Crippen LogP contribution in [0.2, 0.25) is 0 Å². The Morgan fingerprint density at radius 3 is 2.85 bits per heavy atom. The van der Waals surface area contributed by atoms with Crippen LogP contribution in [0.5, 0.6) is 5.75 Å². The monoisotopic (exact) mass is 374 g/mol. The quantitative estimate of drug-likeness (QED) is 0.761. The molecule has 1 fully saturated rings. The highest BCUT2D eigenvalue weighted by molar-refractivity contribution is 5.89. The molecule has 1 aromatic heterocycles. The second-order valence-corrected chi connectivity index (χ2v) is 6.24. The smallest absolute Gasteiger partial charge is 0.340 e. The highest BCUT2D eigenvalue weighted by Gasteiger charge is 2.19. The molecule has 3 heterocycles. The van der Waals surface area contributed by atoms with Crippen LogP contribution in [-0.4, -0.2) is 44.0 Å². The van der Waals surface area contributed by atoms with Crippen molar-refractivity contribution in [3.63, 3.8) is 0 Å². The molecule has 0 N–H and O–H groups in total. The highest BCUT2D eigenvalue weighted by atomic mass is 19.1. The Hall–Kier alpha value is -2.71. The van der Waals surface area contributed by atoms with Crippen LogP contribution in [0, 0.1) is 5.82 Å². The number of benzene rings is 1. The Morgan fingerprint density at radius 1 is 1.22 bits per heavy atom. The van der Waals surface area contributed by atoms with Crippen molar-refractivity contribution in [1.29, 1.82) is 0 Å². The van der Waals surface area contributed by atoms with Gasteiger partial charge in [-0.25, -0.2) is 14.2 Å². The molecule has 7 nitrogen and oxygen atoms in total. The average Bonchev–Trinajstić information content (AvgIpc) is 2.72. The van der Waals surface area contributed by atoms with Gasteiger partial charge < -0.3 is 23.8 Å². The molecule has 2 aromatic rings. The fraction of sp³-hybridized carbons (Fsp3) is 0.368. The number of carbonyl (C=O) groups excluding carboxylic acids is 1. The molecule has 0 unspecified atom stereocenters. The van der Waals surface area contributed by atoms with Crippen molar-refractivity contribution >= 4 is 11.8 Å². The minimum atomic E-state index is -0.527. The number of esters is 1. The fourth-order valence-corrected chi connectivity index (χ4v) is 3.08. The van der Waals surface area contributed by atoms with Gasteiger partial charge in [-0.2, -0.15) is 0 Å². The van der Waals surface area contributed by atoms with E-state index in [2.05, 4.69) is 9.88 Å². The second kappa shape index (κ2) is 7.89. The van der Waals surface area contributed by atoms with E-state index in [1.165, 1.54) is 18.3 Å². The molecule has 0 spiro atoms. The van der Waals surface area contributed by atoms with Gasteiger partial charge in [0.25, 0.3) is 0 Å². The Morgan fingerprint density at radius 2 is 2.07 bits per heavy atom. The van der Waals surface area contributed by atoms with Crippen molar-refractivity contribution in [3.8, 4) is 5.75 Å². The summed E-state index contributed by atoms with van der Waals surface area (Å²) in [5, 5.41) is 0. The lowest BCUT2D eigenvalue weighted by Gasteiger charge is -2.27. The van der Waals surface area contributed by atoms with Crippen LogP contribution in [0.1, 0.15) is 21.5 Å². The normalized spacial score (nSPS) is 16.4. The van der Waals surface area contributed by atoms with Gasteiger partial charge in [-0.3, -0.25) is 0 Å². The number of halogens is 1. The Balaban J connectivity index is 1.42. The van der Waals surface area contributed by atoms with Gasteiger partial charge in [0.15, 0.2) is 6.79 Å². The molecule has 0 amide bonds. The van der Waals surface area contributed by atoms with E-state index in [0.717, 1.165) is 18.9 Å². The first kappa shape index (κ1) is 17.7. The molecule has 0 radical (unpaired) electrons. The summed E-state index contributed by atoms with van der Waals surface area (Å²) in [6, 6.07) is 6.11. The van der Waals surface area contributed by atoms with Gasteiger partial charge in [0.05, 0.1) is 25.4 Å². The zero-order valence-electron chi connectivity index (χ0n) is 14.7. The predicted octanol–water partition coefficient (Wildman–Crippen LogP) is 2.28. The summed E-state index contributed by atoms with van der Waals surface area (Å²) >= 11 is 0. The molecule has 2 aliphatic heterocycles. The summed E-state index contributed by atoms with van der Waals surface area (Å²) in [6.07, 6.45) is 1.48. The molecule has 0 saturated carbocycles. The number of pyridine rings is 1. The third kappa shape index (κ3) is 4.01. The molecule has 1 saturated heterocycles. The first-order valence-electron chi connectivity index (χ1n) is 8.68. The molecule has 27 heavy (non-hydrogen) atoms. The average molecular weight is 374 g/mol. The maximum Gasteiger partial charge on any atom is 0.340 e. The fourth-order valence-electron chi connectivity index (χ4n) is 3.08. The van der Waals surface area contributed by atoms with E-state index in [4.69, 9.17) is 18.9 Å². The first-order valence-corrected chi connectivity index (χ1v) is 8.68. The minimum Gasteiger partial charge on any atom is -0.467 e. The van der Waals surface area contributed by atoms with E-state index >= 15 is 0 Å². The van der Waals surface area contributed by atoms with Crippen molar-refractivity contribution in [2.45, 2.75) is 13.2 Å². The molecule has 4 rings (SSSR count). The Kier molecular flexibility index (Phi) is 5.17. The number of ether oxygens (including phenoxy) is 4.